The number of nitrogens with zero attached hydrogens (tertiary/aromatic N) is 2. The minimum absolute atomic E-state index is 0.151. The van der Waals surface area contributed by atoms with Gasteiger partial charge in [0.1, 0.15) is 11.6 Å². The van der Waals surface area contributed by atoms with Crippen LogP contribution in [0.2, 0.25) is 0 Å². The maximum absolute atomic E-state index is 11.8. The standard InChI is InChI=1S/C12H17N3O2/c1-13-12(16)10-6-9(17-8-4-5-8)7-14-11(10)15(2)3/h6-8H,4-5H2,1-3H3,(H,13,16). The van der Waals surface area contributed by atoms with Crippen molar-refractivity contribution >= 4 is 11.7 Å². The monoisotopic (exact) mass is 235 g/mol. The first-order chi connectivity index (χ1) is 8.11. The van der Waals surface area contributed by atoms with Crippen LogP contribution in [0.15, 0.2) is 12.3 Å². The van der Waals surface area contributed by atoms with E-state index in [9.17, 15) is 4.79 Å². The molecule has 1 saturated carbocycles. The zero-order valence-electron chi connectivity index (χ0n) is 10.4. The van der Waals surface area contributed by atoms with Crippen LogP contribution in [-0.2, 0) is 0 Å². The van der Waals surface area contributed by atoms with Crippen molar-refractivity contribution in [1.29, 1.82) is 0 Å². The van der Waals surface area contributed by atoms with Gasteiger partial charge in [-0.3, -0.25) is 4.79 Å². The number of aromatic nitrogens is 1. The first-order valence-corrected chi connectivity index (χ1v) is 5.68. The predicted molar refractivity (Wildman–Crippen MR) is 65.6 cm³/mol. The minimum atomic E-state index is -0.151. The first-order valence-electron chi connectivity index (χ1n) is 5.68. The molecule has 0 unspecified atom stereocenters. The highest BCUT2D eigenvalue weighted by Crippen LogP contribution is 2.28. The molecule has 0 spiro atoms. The van der Waals surface area contributed by atoms with Crippen LogP contribution in [0, 0.1) is 0 Å². The van der Waals surface area contributed by atoms with Crippen LogP contribution in [-0.4, -0.2) is 38.1 Å². The van der Waals surface area contributed by atoms with E-state index < -0.39 is 0 Å². The van der Waals surface area contributed by atoms with Crippen molar-refractivity contribution < 1.29 is 9.53 Å². The molecule has 5 nitrogen and oxygen atoms in total. The molecule has 1 aromatic rings. The Labute approximate surface area is 101 Å². The van der Waals surface area contributed by atoms with E-state index in [-0.39, 0.29) is 5.91 Å². The Bertz CT molecular complexity index is 428. The van der Waals surface area contributed by atoms with Gasteiger partial charge in [0.15, 0.2) is 0 Å². The molecule has 1 aliphatic rings. The number of pyridine rings is 1. The third-order valence-corrected chi connectivity index (χ3v) is 2.56. The normalized spacial score (nSPS) is 14.3. The van der Waals surface area contributed by atoms with Crippen molar-refractivity contribution in [2.24, 2.45) is 0 Å². The molecule has 2 rings (SSSR count). The molecule has 1 amide bonds. The molecular weight excluding hydrogens is 218 g/mol. The lowest BCUT2D eigenvalue weighted by Crippen LogP contribution is -2.23. The number of rotatable bonds is 4. The molecule has 0 saturated heterocycles. The maximum atomic E-state index is 11.8. The molecule has 92 valence electrons. The molecule has 1 heterocycles. The van der Waals surface area contributed by atoms with Crippen molar-refractivity contribution in [1.82, 2.24) is 10.3 Å². The van der Waals surface area contributed by atoms with E-state index >= 15 is 0 Å². The SMILES string of the molecule is CNC(=O)c1cc(OC2CC2)cnc1N(C)C. The quantitative estimate of drug-likeness (QED) is 0.847. The minimum Gasteiger partial charge on any atom is -0.489 e. The molecule has 0 aromatic carbocycles. The van der Waals surface area contributed by atoms with Crippen LogP contribution < -0.4 is 15.0 Å². The predicted octanol–water partition coefficient (Wildman–Crippen LogP) is 1.05. The van der Waals surface area contributed by atoms with Crippen LogP contribution in [0.1, 0.15) is 23.2 Å². The Morgan fingerprint density at radius 1 is 1.53 bits per heavy atom. The van der Waals surface area contributed by atoms with Gasteiger partial charge in [0.2, 0.25) is 0 Å². The lowest BCUT2D eigenvalue weighted by atomic mass is 10.2. The number of carbonyl (C=O) groups excluding carboxylic acids is 1. The number of ether oxygens (including phenoxy) is 1. The molecule has 0 atom stereocenters. The second-order valence-electron chi connectivity index (χ2n) is 4.33. The van der Waals surface area contributed by atoms with Crippen LogP contribution in [0.25, 0.3) is 0 Å². The van der Waals surface area contributed by atoms with Crippen LogP contribution >= 0.6 is 0 Å². The summed E-state index contributed by atoms with van der Waals surface area (Å²) in [5, 5.41) is 2.61. The summed E-state index contributed by atoms with van der Waals surface area (Å²) in [6.07, 6.45) is 4.15. The Morgan fingerprint density at radius 3 is 2.76 bits per heavy atom. The number of nitrogens with one attached hydrogen (secondary N) is 1. The Kier molecular flexibility index (Phi) is 3.17. The van der Waals surface area contributed by atoms with E-state index in [1.165, 1.54) is 0 Å². The fraction of sp³-hybridized carbons (Fsp3) is 0.500. The fourth-order valence-electron chi connectivity index (χ4n) is 1.54. The van der Waals surface area contributed by atoms with Crippen LogP contribution in [0.4, 0.5) is 5.82 Å². The number of carbonyl (C=O) groups is 1. The molecule has 1 aromatic heterocycles. The van der Waals surface area contributed by atoms with Gasteiger partial charge in [-0.2, -0.15) is 0 Å². The molecule has 1 N–H and O–H groups in total. The zero-order valence-corrected chi connectivity index (χ0v) is 10.4. The lowest BCUT2D eigenvalue weighted by molar-refractivity contribution is 0.0962. The first kappa shape index (κ1) is 11.7. The van der Waals surface area contributed by atoms with E-state index in [4.69, 9.17) is 4.74 Å². The Hall–Kier alpha value is -1.78. The average molecular weight is 235 g/mol. The highest BCUT2D eigenvalue weighted by atomic mass is 16.5. The summed E-state index contributed by atoms with van der Waals surface area (Å²) in [6, 6.07) is 1.75. The van der Waals surface area contributed by atoms with Crippen molar-refractivity contribution in [3.8, 4) is 5.75 Å². The van der Waals surface area contributed by atoms with E-state index in [1.54, 1.807) is 19.3 Å². The Morgan fingerprint density at radius 2 is 2.24 bits per heavy atom. The van der Waals surface area contributed by atoms with Crippen LogP contribution in [0.5, 0.6) is 5.75 Å². The number of anilines is 1. The largest absolute Gasteiger partial charge is 0.489 e. The van der Waals surface area contributed by atoms with Crippen molar-refractivity contribution in [3.05, 3.63) is 17.8 Å². The van der Waals surface area contributed by atoms with Gasteiger partial charge in [0.25, 0.3) is 5.91 Å². The van der Waals surface area contributed by atoms with Gasteiger partial charge in [0, 0.05) is 21.1 Å². The van der Waals surface area contributed by atoms with Gasteiger partial charge < -0.3 is 15.0 Å². The maximum Gasteiger partial charge on any atom is 0.254 e. The number of hydrogen-bond donors (Lipinski definition) is 1. The molecule has 5 heteroatoms. The van der Waals surface area contributed by atoms with Gasteiger partial charge in [-0.05, 0) is 18.9 Å². The zero-order chi connectivity index (χ0) is 12.4. The van der Waals surface area contributed by atoms with Gasteiger partial charge in [-0.25, -0.2) is 4.98 Å². The molecule has 0 aliphatic heterocycles. The summed E-state index contributed by atoms with van der Waals surface area (Å²) in [4.78, 5) is 17.8. The molecule has 17 heavy (non-hydrogen) atoms. The van der Waals surface area contributed by atoms with E-state index in [0.717, 1.165) is 12.8 Å². The Balaban J connectivity index is 2.30. The lowest BCUT2D eigenvalue weighted by Gasteiger charge is -2.16. The summed E-state index contributed by atoms with van der Waals surface area (Å²) in [5.41, 5.74) is 0.538. The molecule has 1 fully saturated rings. The molecule has 1 aliphatic carbocycles. The van der Waals surface area contributed by atoms with E-state index in [2.05, 4.69) is 10.3 Å². The molecule has 0 bridgehead atoms. The van der Waals surface area contributed by atoms with Crippen LogP contribution in [0.3, 0.4) is 0 Å². The van der Waals surface area contributed by atoms with Gasteiger partial charge in [0.05, 0.1) is 17.9 Å². The topological polar surface area (TPSA) is 54.5 Å². The summed E-state index contributed by atoms with van der Waals surface area (Å²) in [7, 11) is 5.32. The summed E-state index contributed by atoms with van der Waals surface area (Å²) < 4.78 is 5.63. The third-order valence-electron chi connectivity index (χ3n) is 2.56. The van der Waals surface area contributed by atoms with Crippen molar-refractivity contribution in [2.45, 2.75) is 18.9 Å². The molecular formula is C12H17N3O2. The van der Waals surface area contributed by atoms with Gasteiger partial charge in [-0.15, -0.1) is 0 Å². The highest BCUT2D eigenvalue weighted by molar-refractivity contribution is 5.99. The second kappa shape index (κ2) is 4.61. The van der Waals surface area contributed by atoms with Gasteiger partial charge in [-0.1, -0.05) is 0 Å². The van der Waals surface area contributed by atoms with Crippen molar-refractivity contribution in [2.75, 3.05) is 26.0 Å². The third kappa shape index (κ3) is 2.67. The fourth-order valence-corrected chi connectivity index (χ4v) is 1.54. The van der Waals surface area contributed by atoms with Gasteiger partial charge >= 0.3 is 0 Å². The number of amides is 1. The molecule has 0 radical (unpaired) electrons. The smallest absolute Gasteiger partial charge is 0.254 e. The van der Waals surface area contributed by atoms with E-state index in [1.807, 2.05) is 19.0 Å². The summed E-state index contributed by atoms with van der Waals surface area (Å²) in [5.74, 6) is 1.16. The summed E-state index contributed by atoms with van der Waals surface area (Å²) in [6.45, 7) is 0. The highest BCUT2D eigenvalue weighted by Gasteiger charge is 2.24. The van der Waals surface area contributed by atoms with E-state index in [0.29, 0.717) is 23.2 Å². The van der Waals surface area contributed by atoms with Crippen molar-refractivity contribution in [3.63, 3.8) is 0 Å². The average Bonchev–Trinajstić information content (AvgIpc) is 3.11. The summed E-state index contributed by atoms with van der Waals surface area (Å²) >= 11 is 0. The number of hydrogen-bond acceptors (Lipinski definition) is 4. The second-order valence-corrected chi connectivity index (χ2v) is 4.33.